The predicted molar refractivity (Wildman–Crippen MR) is 109 cm³/mol. The van der Waals surface area contributed by atoms with Gasteiger partial charge in [0.05, 0.1) is 18.7 Å². The largest absolute Gasteiger partial charge is 0.503 e. The number of hydrogen-bond acceptors (Lipinski definition) is 5. The molecule has 8 nitrogen and oxygen atoms in total. The van der Waals surface area contributed by atoms with E-state index in [9.17, 15) is 32.7 Å². The van der Waals surface area contributed by atoms with Gasteiger partial charge in [0.25, 0.3) is 11.8 Å². The highest BCUT2D eigenvalue weighted by Gasteiger charge is 2.43. The number of nitrogens with one attached hydrogen (secondary N) is 1. The minimum atomic E-state index is -1.19. The molecular weight excluding hydrogens is 443 g/mol. The Morgan fingerprint density at radius 2 is 1.91 bits per heavy atom. The summed E-state index contributed by atoms with van der Waals surface area (Å²) in [6.45, 7) is 2.32. The Morgan fingerprint density at radius 3 is 2.58 bits per heavy atom. The number of aromatic nitrogens is 1. The van der Waals surface area contributed by atoms with Crippen LogP contribution in [0.1, 0.15) is 52.2 Å². The molecule has 0 bridgehead atoms. The lowest BCUT2D eigenvalue weighted by Crippen LogP contribution is -2.55. The first-order chi connectivity index (χ1) is 15.7. The molecule has 0 saturated carbocycles. The maximum atomic E-state index is 13.9. The third-order valence-corrected chi connectivity index (χ3v) is 5.96. The monoisotopic (exact) mass is 465 g/mol. The molecular formula is C22H22F3N3O5. The van der Waals surface area contributed by atoms with Crippen LogP contribution in [0.5, 0.6) is 5.75 Å². The normalized spacial score (nSPS) is 19.8. The smallest absolute Gasteiger partial charge is 0.274 e. The van der Waals surface area contributed by atoms with Crippen LogP contribution in [0.15, 0.2) is 23.1 Å². The van der Waals surface area contributed by atoms with Gasteiger partial charge in [0.1, 0.15) is 23.0 Å². The zero-order valence-corrected chi connectivity index (χ0v) is 17.7. The molecule has 2 atom stereocenters. The average Bonchev–Trinajstić information content (AvgIpc) is 2.77. The highest BCUT2D eigenvalue weighted by atomic mass is 19.1. The van der Waals surface area contributed by atoms with Crippen molar-refractivity contribution in [2.45, 2.75) is 38.4 Å². The Morgan fingerprint density at radius 1 is 1.21 bits per heavy atom. The zero-order chi connectivity index (χ0) is 23.9. The van der Waals surface area contributed by atoms with Crippen LogP contribution in [0, 0.1) is 17.5 Å². The number of fused-ring (bicyclic) bond motifs is 3. The van der Waals surface area contributed by atoms with Gasteiger partial charge in [-0.05, 0) is 12.8 Å². The second-order valence-corrected chi connectivity index (χ2v) is 8.00. The Hall–Kier alpha value is -3.34. The number of carbonyl (C=O) groups excluding carboxylic acids is 2. The van der Waals surface area contributed by atoms with Gasteiger partial charge in [-0.1, -0.05) is 6.92 Å². The molecule has 33 heavy (non-hydrogen) atoms. The van der Waals surface area contributed by atoms with E-state index in [0.717, 1.165) is 0 Å². The molecule has 2 aliphatic rings. The molecule has 2 aromatic rings. The molecule has 1 saturated heterocycles. The van der Waals surface area contributed by atoms with Crippen LogP contribution in [-0.4, -0.2) is 52.2 Å². The van der Waals surface area contributed by atoms with Gasteiger partial charge < -0.3 is 24.6 Å². The molecule has 3 heterocycles. The molecule has 0 unspecified atom stereocenters. The Kier molecular flexibility index (Phi) is 6.15. The minimum Gasteiger partial charge on any atom is -0.503 e. The summed E-state index contributed by atoms with van der Waals surface area (Å²) in [6.07, 6.45) is 2.34. The van der Waals surface area contributed by atoms with E-state index in [-0.39, 0.29) is 24.4 Å². The first-order valence-corrected chi connectivity index (χ1v) is 10.5. The molecule has 1 aromatic carbocycles. The fraction of sp³-hybridized carbons (Fsp3) is 0.409. The van der Waals surface area contributed by atoms with Crippen LogP contribution in [0.3, 0.4) is 0 Å². The number of hydrogen-bond donors (Lipinski definition) is 2. The maximum Gasteiger partial charge on any atom is 0.274 e. The number of aromatic hydroxyl groups is 1. The van der Waals surface area contributed by atoms with E-state index in [1.807, 2.05) is 6.92 Å². The van der Waals surface area contributed by atoms with Gasteiger partial charge in [-0.2, -0.15) is 0 Å². The van der Waals surface area contributed by atoms with Gasteiger partial charge in [0, 0.05) is 43.6 Å². The summed E-state index contributed by atoms with van der Waals surface area (Å²) in [7, 11) is 0. The van der Waals surface area contributed by atoms with Crippen molar-refractivity contribution in [2.24, 2.45) is 0 Å². The molecule has 2 aliphatic heterocycles. The molecule has 0 radical (unpaired) electrons. The van der Waals surface area contributed by atoms with Gasteiger partial charge in [0.15, 0.2) is 11.4 Å². The highest BCUT2D eigenvalue weighted by Crippen LogP contribution is 2.35. The first-order valence-electron chi connectivity index (χ1n) is 10.5. The average molecular weight is 465 g/mol. The van der Waals surface area contributed by atoms with Crippen molar-refractivity contribution >= 4 is 11.8 Å². The SMILES string of the molecule is CCCN1C(=O)c2c(O)c(=O)c(C(=O)NCc3c(F)cc(F)cc3F)cn2[C@H]2CCOC[C@H]21. The van der Waals surface area contributed by atoms with Gasteiger partial charge in [0.2, 0.25) is 5.43 Å². The van der Waals surface area contributed by atoms with E-state index >= 15 is 0 Å². The molecule has 11 heteroatoms. The summed E-state index contributed by atoms with van der Waals surface area (Å²) >= 11 is 0. The van der Waals surface area contributed by atoms with Crippen molar-refractivity contribution in [3.8, 4) is 5.75 Å². The number of amides is 2. The standard InChI is InChI=1S/C22H22F3N3O5/c1-2-4-27-17-10-33-5-3-16(17)28-9-13(19(29)20(30)18(28)22(27)32)21(31)26-8-12-14(24)6-11(23)7-15(12)25/h6-7,9,16-17,30H,2-5,8,10H2,1H3,(H,26,31)/t16-,17+/m0/s1. The second-order valence-electron chi connectivity index (χ2n) is 8.00. The molecule has 2 N–H and O–H groups in total. The quantitative estimate of drug-likeness (QED) is 0.705. The van der Waals surface area contributed by atoms with Crippen LogP contribution >= 0.6 is 0 Å². The van der Waals surface area contributed by atoms with E-state index in [1.165, 1.54) is 10.8 Å². The molecule has 176 valence electrons. The topological polar surface area (TPSA) is 101 Å². The minimum absolute atomic E-state index is 0.205. The lowest BCUT2D eigenvalue weighted by atomic mass is 9.95. The molecule has 4 rings (SSSR count). The lowest BCUT2D eigenvalue weighted by Gasteiger charge is -2.45. The van der Waals surface area contributed by atoms with E-state index in [1.54, 1.807) is 4.90 Å². The van der Waals surface area contributed by atoms with Crippen molar-refractivity contribution in [3.63, 3.8) is 0 Å². The Bertz CT molecular complexity index is 1160. The number of ether oxygens (including phenoxy) is 1. The van der Waals surface area contributed by atoms with E-state index < -0.39 is 58.1 Å². The van der Waals surface area contributed by atoms with Gasteiger partial charge >= 0.3 is 0 Å². The summed E-state index contributed by atoms with van der Waals surface area (Å²) < 4.78 is 47.8. The van der Waals surface area contributed by atoms with E-state index in [0.29, 0.717) is 38.1 Å². The summed E-state index contributed by atoms with van der Waals surface area (Å²) in [5.74, 6) is -5.89. The van der Waals surface area contributed by atoms with Crippen molar-refractivity contribution in [1.82, 2.24) is 14.8 Å². The number of carbonyl (C=O) groups is 2. The maximum absolute atomic E-state index is 13.9. The summed E-state index contributed by atoms with van der Waals surface area (Å²) in [6, 6.07) is 0.286. The second kappa shape index (κ2) is 8.89. The molecule has 1 fully saturated rings. The van der Waals surface area contributed by atoms with Gasteiger partial charge in [-0.3, -0.25) is 14.4 Å². The number of nitrogens with zero attached hydrogens (tertiary/aromatic N) is 2. The van der Waals surface area contributed by atoms with Crippen molar-refractivity contribution in [2.75, 3.05) is 19.8 Å². The first kappa shape index (κ1) is 22.8. The predicted octanol–water partition coefficient (Wildman–Crippen LogP) is 2.10. The lowest BCUT2D eigenvalue weighted by molar-refractivity contribution is -0.0190. The van der Waals surface area contributed by atoms with Crippen molar-refractivity contribution < 1.29 is 32.6 Å². The summed E-state index contributed by atoms with van der Waals surface area (Å²) in [5, 5.41) is 12.8. The van der Waals surface area contributed by atoms with Crippen LogP contribution in [0.4, 0.5) is 13.2 Å². The van der Waals surface area contributed by atoms with Crippen LogP contribution in [0.2, 0.25) is 0 Å². The number of rotatable bonds is 5. The Balaban J connectivity index is 1.69. The molecule has 1 aromatic heterocycles. The summed E-state index contributed by atoms with van der Waals surface area (Å²) in [5.41, 5.74) is -2.35. The van der Waals surface area contributed by atoms with Crippen molar-refractivity contribution in [1.29, 1.82) is 0 Å². The van der Waals surface area contributed by atoms with Crippen LogP contribution < -0.4 is 10.7 Å². The molecule has 2 amide bonds. The third-order valence-electron chi connectivity index (χ3n) is 5.96. The van der Waals surface area contributed by atoms with Gasteiger partial charge in [-0.15, -0.1) is 0 Å². The van der Waals surface area contributed by atoms with E-state index in [2.05, 4.69) is 5.32 Å². The van der Waals surface area contributed by atoms with Crippen LogP contribution in [-0.2, 0) is 11.3 Å². The number of halogens is 3. The fourth-order valence-corrected chi connectivity index (χ4v) is 4.39. The Labute approximate surface area is 186 Å². The molecule has 0 spiro atoms. The number of benzene rings is 1. The summed E-state index contributed by atoms with van der Waals surface area (Å²) in [4.78, 5) is 40.1. The zero-order valence-electron chi connectivity index (χ0n) is 17.7. The van der Waals surface area contributed by atoms with E-state index in [4.69, 9.17) is 4.74 Å². The number of pyridine rings is 1. The van der Waals surface area contributed by atoms with Crippen molar-refractivity contribution in [3.05, 3.63) is 62.8 Å². The third kappa shape index (κ3) is 3.97. The fourth-order valence-electron chi connectivity index (χ4n) is 4.39. The van der Waals surface area contributed by atoms with Crippen LogP contribution in [0.25, 0.3) is 0 Å². The highest BCUT2D eigenvalue weighted by molar-refractivity contribution is 5.99. The van der Waals surface area contributed by atoms with Gasteiger partial charge in [-0.25, -0.2) is 13.2 Å². The molecule has 0 aliphatic carbocycles.